The Morgan fingerprint density at radius 1 is 1.03 bits per heavy atom. The van der Waals surface area contributed by atoms with Crippen molar-refractivity contribution >= 4 is 34.8 Å². The fourth-order valence-corrected chi connectivity index (χ4v) is 3.78. The Bertz CT molecular complexity index is 893. The first-order valence-corrected chi connectivity index (χ1v) is 10.6. The Hall–Kier alpha value is -2.93. The molecule has 0 radical (unpaired) electrons. The molecule has 1 saturated carbocycles. The summed E-state index contributed by atoms with van der Waals surface area (Å²) in [5, 5.41) is 8.92. The molecule has 0 aromatic heterocycles. The van der Waals surface area contributed by atoms with Crippen molar-refractivity contribution < 1.29 is 14.3 Å². The summed E-state index contributed by atoms with van der Waals surface area (Å²) < 4.78 is 5.12. The van der Waals surface area contributed by atoms with Crippen LogP contribution in [0.2, 0.25) is 0 Å². The maximum absolute atomic E-state index is 12.7. The van der Waals surface area contributed by atoms with Crippen LogP contribution in [0.3, 0.4) is 0 Å². The molecule has 0 unspecified atom stereocenters. The van der Waals surface area contributed by atoms with Crippen molar-refractivity contribution in [2.45, 2.75) is 44.6 Å². The average Bonchev–Trinajstić information content (AvgIpc) is 2.75. The largest absolute Gasteiger partial charge is 0.497 e. The molecule has 0 heterocycles. The van der Waals surface area contributed by atoms with Crippen molar-refractivity contribution in [3.05, 3.63) is 59.7 Å². The molecule has 2 aromatic carbocycles. The highest BCUT2D eigenvalue weighted by molar-refractivity contribution is 7.80. The average molecular weight is 426 g/mol. The maximum Gasteiger partial charge on any atom is 0.253 e. The summed E-state index contributed by atoms with van der Waals surface area (Å²) in [5.74, 6) is 0.374. The SMILES string of the molecule is COc1ccc(CC(=O)NC(=S)Nc2ccccc2C(=O)NC2CCCCC2)cc1. The van der Waals surface area contributed by atoms with Crippen molar-refractivity contribution in [1.82, 2.24) is 10.6 Å². The van der Waals surface area contributed by atoms with Gasteiger partial charge in [-0.2, -0.15) is 0 Å². The van der Waals surface area contributed by atoms with Crippen molar-refractivity contribution in [2.24, 2.45) is 0 Å². The standard InChI is InChI=1S/C23H27N3O3S/c1-29-18-13-11-16(12-14-18)15-21(27)26-23(30)25-20-10-6-5-9-19(20)22(28)24-17-7-3-2-4-8-17/h5-6,9-14,17H,2-4,7-8,15H2,1H3,(H,24,28)(H2,25,26,27,30). The van der Waals surface area contributed by atoms with Crippen LogP contribution in [0.4, 0.5) is 5.69 Å². The molecule has 1 aliphatic carbocycles. The maximum atomic E-state index is 12.7. The molecule has 3 N–H and O–H groups in total. The second kappa shape index (κ2) is 10.7. The van der Waals surface area contributed by atoms with Gasteiger partial charge in [0.2, 0.25) is 5.91 Å². The number of anilines is 1. The van der Waals surface area contributed by atoms with Gasteiger partial charge in [0.25, 0.3) is 5.91 Å². The molecule has 0 atom stereocenters. The number of hydrogen-bond acceptors (Lipinski definition) is 4. The monoisotopic (exact) mass is 425 g/mol. The van der Waals surface area contributed by atoms with Gasteiger partial charge in [-0.3, -0.25) is 9.59 Å². The number of carbonyl (C=O) groups excluding carboxylic acids is 2. The molecule has 7 heteroatoms. The third kappa shape index (κ3) is 6.29. The number of ether oxygens (including phenoxy) is 1. The Morgan fingerprint density at radius 3 is 2.43 bits per heavy atom. The Labute approximate surface area is 182 Å². The highest BCUT2D eigenvalue weighted by atomic mass is 32.1. The molecule has 1 fully saturated rings. The van der Waals surface area contributed by atoms with Crippen LogP contribution >= 0.6 is 12.2 Å². The van der Waals surface area contributed by atoms with Gasteiger partial charge in [-0.05, 0) is 54.9 Å². The molecule has 0 saturated heterocycles. The van der Waals surface area contributed by atoms with Crippen LogP contribution in [0, 0.1) is 0 Å². The van der Waals surface area contributed by atoms with Gasteiger partial charge in [-0.1, -0.05) is 43.5 Å². The third-order valence-electron chi connectivity index (χ3n) is 5.14. The minimum absolute atomic E-state index is 0.127. The van der Waals surface area contributed by atoms with E-state index in [1.54, 1.807) is 31.4 Å². The van der Waals surface area contributed by atoms with E-state index in [-0.39, 0.29) is 29.4 Å². The van der Waals surface area contributed by atoms with Crippen molar-refractivity contribution in [2.75, 3.05) is 12.4 Å². The van der Waals surface area contributed by atoms with Crippen LogP contribution in [0.15, 0.2) is 48.5 Å². The Balaban J connectivity index is 1.56. The first-order valence-electron chi connectivity index (χ1n) is 10.2. The molecule has 1 aliphatic rings. The highest BCUT2D eigenvalue weighted by Gasteiger charge is 2.19. The lowest BCUT2D eigenvalue weighted by atomic mass is 9.95. The number of hydrogen-bond donors (Lipinski definition) is 3. The van der Waals surface area contributed by atoms with Gasteiger partial charge in [0.1, 0.15) is 5.75 Å². The summed E-state index contributed by atoms with van der Waals surface area (Å²) in [4.78, 5) is 25.0. The number of amides is 2. The van der Waals surface area contributed by atoms with Crippen molar-refractivity contribution in [3.63, 3.8) is 0 Å². The van der Waals surface area contributed by atoms with Crippen LogP contribution < -0.4 is 20.7 Å². The number of thiocarbonyl (C=S) groups is 1. The smallest absolute Gasteiger partial charge is 0.253 e. The number of carbonyl (C=O) groups is 2. The van der Waals surface area contributed by atoms with E-state index in [0.717, 1.165) is 37.0 Å². The molecule has 3 rings (SSSR count). The van der Waals surface area contributed by atoms with Gasteiger partial charge in [0.15, 0.2) is 5.11 Å². The summed E-state index contributed by atoms with van der Waals surface area (Å²) in [7, 11) is 1.60. The predicted molar refractivity (Wildman–Crippen MR) is 122 cm³/mol. The molecule has 2 aromatic rings. The number of benzene rings is 2. The predicted octanol–water partition coefficient (Wildman–Crippen LogP) is 3.81. The van der Waals surface area contributed by atoms with Gasteiger partial charge >= 0.3 is 0 Å². The van der Waals surface area contributed by atoms with Crippen LogP contribution in [0.25, 0.3) is 0 Å². The normalized spacial score (nSPS) is 13.9. The fourth-order valence-electron chi connectivity index (χ4n) is 3.55. The zero-order valence-corrected chi connectivity index (χ0v) is 17.9. The van der Waals surface area contributed by atoms with Crippen LogP contribution in [-0.2, 0) is 11.2 Å². The number of para-hydroxylation sites is 1. The van der Waals surface area contributed by atoms with E-state index in [9.17, 15) is 9.59 Å². The molecule has 30 heavy (non-hydrogen) atoms. The number of methoxy groups -OCH3 is 1. The van der Waals surface area contributed by atoms with E-state index in [4.69, 9.17) is 17.0 Å². The minimum Gasteiger partial charge on any atom is -0.497 e. The van der Waals surface area contributed by atoms with E-state index < -0.39 is 0 Å². The number of rotatable bonds is 6. The zero-order valence-electron chi connectivity index (χ0n) is 17.1. The topological polar surface area (TPSA) is 79.5 Å². The van der Waals surface area contributed by atoms with Crippen LogP contribution in [0.1, 0.15) is 48.0 Å². The van der Waals surface area contributed by atoms with E-state index in [0.29, 0.717) is 11.3 Å². The van der Waals surface area contributed by atoms with E-state index in [1.807, 2.05) is 24.3 Å². The van der Waals surface area contributed by atoms with Gasteiger partial charge in [0.05, 0.1) is 24.8 Å². The fraction of sp³-hybridized carbons (Fsp3) is 0.348. The van der Waals surface area contributed by atoms with Crippen LogP contribution in [-0.4, -0.2) is 30.1 Å². The second-order valence-electron chi connectivity index (χ2n) is 7.38. The molecule has 6 nitrogen and oxygen atoms in total. The summed E-state index contributed by atoms with van der Waals surface area (Å²) in [6, 6.07) is 14.7. The zero-order chi connectivity index (χ0) is 21.3. The lowest BCUT2D eigenvalue weighted by Crippen LogP contribution is -2.38. The van der Waals surface area contributed by atoms with Gasteiger partial charge < -0.3 is 20.7 Å². The summed E-state index contributed by atoms with van der Waals surface area (Å²) in [6.07, 6.45) is 5.75. The van der Waals surface area contributed by atoms with Gasteiger partial charge in [-0.15, -0.1) is 0 Å². The summed E-state index contributed by atoms with van der Waals surface area (Å²) in [5.41, 5.74) is 1.93. The quantitative estimate of drug-likeness (QED) is 0.614. The van der Waals surface area contributed by atoms with Crippen LogP contribution in [0.5, 0.6) is 5.75 Å². The van der Waals surface area contributed by atoms with E-state index >= 15 is 0 Å². The summed E-state index contributed by atoms with van der Waals surface area (Å²) >= 11 is 5.28. The van der Waals surface area contributed by atoms with Crippen molar-refractivity contribution in [3.8, 4) is 5.75 Å². The van der Waals surface area contributed by atoms with Gasteiger partial charge in [0, 0.05) is 6.04 Å². The number of nitrogens with one attached hydrogen (secondary N) is 3. The first-order chi connectivity index (χ1) is 14.5. The highest BCUT2D eigenvalue weighted by Crippen LogP contribution is 2.20. The van der Waals surface area contributed by atoms with Gasteiger partial charge in [-0.25, -0.2) is 0 Å². The summed E-state index contributed by atoms with van der Waals surface area (Å²) in [6.45, 7) is 0. The molecular weight excluding hydrogens is 398 g/mol. The minimum atomic E-state index is -0.234. The van der Waals surface area contributed by atoms with Crippen molar-refractivity contribution in [1.29, 1.82) is 0 Å². The molecule has 0 bridgehead atoms. The molecule has 0 spiro atoms. The Kier molecular flexibility index (Phi) is 7.79. The molecule has 158 valence electrons. The lowest BCUT2D eigenvalue weighted by Gasteiger charge is -2.23. The lowest BCUT2D eigenvalue weighted by molar-refractivity contribution is -0.119. The molecule has 2 amide bonds. The second-order valence-corrected chi connectivity index (χ2v) is 7.79. The molecule has 0 aliphatic heterocycles. The third-order valence-corrected chi connectivity index (χ3v) is 5.34. The van der Waals surface area contributed by atoms with E-state index in [2.05, 4.69) is 16.0 Å². The first kappa shape index (κ1) is 21.8. The molecular formula is C23H27N3O3S. The van der Waals surface area contributed by atoms with E-state index in [1.165, 1.54) is 6.42 Å². The Morgan fingerprint density at radius 2 is 1.73 bits per heavy atom.